The van der Waals surface area contributed by atoms with Crippen LogP contribution in [-0.2, 0) is 6.54 Å². The van der Waals surface area contributed by atoms with Crippen molar-refractivity contribution < 1.29 is 0 Å². The lowest BCUT2D eigenvalue weighted by Gasteiger charge is -2.32. The van der Waals surface area contributed by atoms with E-state index in [2.05, 4.69) is 33.7 Å². The molecule has 3 heterocycles. The first-order valence-corrected chi connectivity index (χ1v) is 8.21. The molecule has 0 bridgehead atoms. The molecule has 0 aliphatic carbocycles. The molecule has 1 fully saturated rings. The van der Waals surface area contributed by atoms with Gasteiger partial charge < -0.3 is 4.90 Å². The van der Waals surface area contributed by atoms with Gasteiger partial charge in [0.25, 0.3) is 5.56 Å². The van der Waals surface area contributed by atoms with Crippen molar-refractivity contribution in [3.8, 4) is 0 Å². The fourth-order valence-corrected chi connectivity index (χ4v) is 2.99. The molecule has 0 aromatic carbocycles. The summed E-state index contributed by atoms with van der Waals surface area (Å²) in [5.41, 5.74) is 0.923. The molecule has 1 aliphatic heterocycles. The molecule has 6 heteroatoms. The summed E-state index contributed by atoms with van der Waals surface area (Å²) in [5, 5.41) is 0. The van der Waals surface area contributed by atoms with Crippen molar-refractivity contribution >= 4 is 5.82 Å². The van der Waals surface area contributed by atoms with Crippen molar-refractivity contribution in [2.75, 3.05) is 18.0 Å². The zero-order valence-corrected chi connectivity index (χ0v) is 13.7. The third-order valence-corrected chi connectivity index (χ3v) is 4.45. The highest BCUT2D eigenvalue weighted by Gasteiger charge is 2.21. The van der Waals surface area contributed by atoms with Crippen molar-refractivity contribution in [1.29, 1.82) is 0 Å². The van der Waals surface area contributed by atoms with E-state index in [0.29, 0.717) is 5.92 Å². The third-order valence-electron chi connectivity index (χ3n) is 4.45. The number of hydrogen-bond donors (Lipinski definition) is 0. The maximum absolute atomic E-state index is 12.2. The molecular formula is C17H23N5O. The number of nitrogens with zero attached hydrogens (tertiary/aromatic N) is 5. The first kappa shape index (κ1) is 15.6. The maximum atomic E-state index is 12.2. The van der Waals surface area contributed by atoms with Gasteiger partial charge in [0.2, 0.25) is 0 Å². The number of aromatic nitrogens is 4. The summed E-state index contributed by atoms with van der Waals surface area (Å²) in [4.78, 5) is 27.1. The molecule has 0 N–H and O–H groups in total. The highest BCUT2D eigenvalue weighted by atomic mass is 16.1. The van der Waals surface area contributed by atoms with Crippen LogP contribution in [0.4, 0.5) is 5.82 Å². The standard InChI is InChI=1S/C17H23N5O/c1-13(2)15-9-17(23)22(12-20-15)10-14-4-7-21(8-5-14)16-3-6-18-11-19-16/h3,6,9,11-14H,4-5,7-8,10H2,1-2H3. The summed E-state index contributed by atoms with van der Waals surface area (Å²) in [6.07, 6.45) is 7.18. The minimum absolute atomic E-state index is 0.0573. The molecule has 1 saturated heterocycles. The third kappa shape index (κ3) is 3.75. The monoisotopic (exact) mass is 313 g/mol. The van der Waals surface area contributed by atoms with Crippen molar-refractivity contribution in [3.05, 3.63) is 47.0 Å². The Labute approximate surface area is 136 Å². The van der Waals surface area contributed by atoms with Crippen LogP contribution >= 0.6 is 0 Å². The number of anilines is 1. The number of piperidine rings is 1. The largest absolute Gasteiger partial charge is 0.357 e. The molecular weight excluding hydrogens is 290 g/mol. The fourth-order valence-electron chi connectivity index (χ4n) is 2.99. The molecule has 0 saturated carbocycles. The van der Waals surface area contributed by atoms with Gasteiger partial charge in [0, 0.05) is 31.9 Å². The molecule has 3 rings (SSSR count). The molecule has 23 heavy (non-hydrogen) atoms. The molecule has 0 atom stereocenters. The molecule has 2 aromatic rings. The second-order valence-corrected chi connectivity index (χ2v) is 6.46. The topological polar surface area (TPSA) is 63.9 Å². The Kier molecular flexibility index (Phi) is 4.69. The van der Waals surface area contributed by atoms with Crippen LogP contribution < -0.4 is 10.5 Å². The quantitative estimate of drug-likeness (QED) is 0.864. The van der Waals surface area contributed by atoms with Gasteiger partial charge in [-0.2, -0.15) is 0 Å². The Balaban J connectivity index is 1.60. The lowest BCUT2D eigenvalue weighted by molar-refractivity contribution is 0.349. The van der Waals surface area contributed by atoms with E-state index in [1.54, 1.807) is 29.5 Å². The van der Waals surface area contributed by atoms with Gasteiger partial charge in [-0.25, -0.2) is 15.0 Å². The highest BCUT2D eigenvalue weighted by Crippen LogP contribution is 2.22. The Hall–Kier alpha value is -2.24. The van der Waals surface area contributed by atoms with Gasteiger partial charge in [0.15, 0.2) is 0 Å². The normalized spacial score (nSPS) is 16.0. The molecule has 0 unspecified atom stereocenters. The van der Waals surface area contributed by atoms with E-state index in [1.807, 2.05) is 6.07 Å². The lowest BCUT2D eigenvalue weighted by Crippen LogP contribution is -2.36. The minimum atomic E-state index is 0.0573. The molecule has 0 amide bonds. The van der Waals surface area contributed by atoms with Crippen molar-refractivity contribution in [1.82, 2.24) is 19.5 Å². The van der Waals surface area contributed by atoms with E-state index in [-0.39, 0.29) is 11.5 Å². The zero-order valence-electron chi connectivity index (χ0n) is 13.7. The second-order valence-electron chi connectivity index (χ2n) is 6.46. The van der Waals surface area contributed by atoms with E-state index < -0.39 is 0 Å². The van der Waals surface area contributed by atoms with E-state index in [9.17, 15) is 4.79 Å². The van der Waals surface area contributed by atoms with Crippen LogP contribution in [0.2, 0.25) is 0 Å². The van der Waals surface area contributed by atoms with Gasteiger partial charge in [0.05, 0.1) is 12.0 Å². The van der Waals surface area contributed by atoms with E-state index in [0.717, 1.165) is 44.0 Å². The SMILES string of the molecule is CC(C)c1cc(=O)n(CC2CCN(c3ccncn3)CC2)cn1. The Morgan fingerprint density at radius 2 is 2.04 bits per heavy atom. The average molecular weight is 313 g/mol. The van der Waals surface area contributed by atoms with Crippen LogP contribution in [0.5, 0.6) is 0 Å². The van der Waals surface area contributed by atoms with E-state index >= 15 is 0 Å². The van der Waals surface area contributed by atoms with Crippen LogP contribution in [0, 0.1) is 5.92 Å². The number of hydrogen-bond acceptors (Lipinski definition) is 5. The average Bonchev–Trinajstić information content (AvgIpc) is 2.58. The van der Waals surface area contributed by atoms with Crippen LogP contribution in [0.15, 0.2) is 35.8 Å². The van der Waals surface area contributed by atoms with Gasteiger partial charge in [-0.15, -0.1) is 0 Å². The van der Waals surface area contributed by atoms with Gasteiger partial charge in [-0.3, -0.25) is 9.36 Å². The zero-order chi connectivity index (χ0) is 16.2. The summed E-state index contributed by atoms with van der Waals surface area (Å²) >= 11 is 0. The first-order chi connectivity index (χ1) is 11.1. The summed E-state index contributed by atoms with van der Waals surface area (Å²) in [6.45, 7) is 6.79. The Bertz CT molecular complexity index is 690. The first-order valence-electron chi connectivity index (χ1n) is 8.21. The van der Waals surface area contributed by atoms with Gasteiger partial charge >= 0.3 is 0 Å². The summed E-state index contributed by atoms with van der Waals surface area (Å²) in [7, 11) is 0. The Morgan fingerprint density at radius 1 is 1.26 bits per heavy atom. The van der Waals surface area contributed by atoms with Crippen LogP contribution in [-0.4, -0.2) is 32.6 Å². The fraction of sp³-hybridized carbons (Fsp3) is 0.529. The molecule has 6 nitrogen and oxygen atoms in total. The molecule has 0 radical (unpaired) electrons. The van der Waals surface area contributed by atoms with Gasteiger partial charge in [-0.05, 0) is 30.7 Å². The maximum Gasteiger partial charge on any atom is 0.253 e. The molecule has 2 aromatic heterocycles. The number of rotatable bonds is 4. The molecule has 1 aliphatic rings. The van der Waals surface area contributed by atoms with Crippen molar-refractivity contribution in [2.45, 2.75) is 39.2 Å². The summed E-state index contributed by atoms with van der Waals surface area (Å²) < 4.78 is 1.75. The predicted octanol–water partition coefficient (Wildman–Crippen LogP) is 2.07. The highest BCUT2D eigenvalue weighted by molar-refractivity contribution is 5.36. The van der Waals surface area contributed by atoms with Gasteiger partial charge in [0.1, 0.15) is 12.1 Å². The van der Waals surface area contributed by atoms with Gasteiger partial charge in [-0.1, -0.05) is 13.8 Å². The predicted molar refractivity (Wildman–Crippen MR) is 89.6 cm³/mol. The Morgan fingerprint density at radius 3 is 2.65 bits per heavy atom. The lowest BCUT2D eigenvalue weighted by atomic mass is 9.96. The minimum Gasteiger partial charge on any atom is -0.357 e. The van der Waals surface area contributed by atoms with Crippen molar-refractivity contribution in [3.63, 3.8) is 0 Å². The molecule has 0 spiro atoms. The second kappa shape index (κ2) is 6.89. The van der Waals surface area contributed by atoms with Crippen molar-refractivity contribution in [2.24, 2.45) is 5.92 Å². The van der Waals surface area contributed by atoms with E-state index in [4.69, 9.17) is 0 Å². The smallest absolute Gasteiger partial charge is 0.253 e. The van der Waals surface area contributed by atoms with Crippen LogP contribution in [0.3, 0.4) is 0 Å². The van der Waals surface area contributed by atoms with Crippen LogP contribution in [0.1, 0.15) is 38.3 Å². The molecule has 122 valence electrons. The van der Waals surface area contributed by atoms with Crippen LogP contribution in [0.25, 0.3) is 0 Å². The summed E-state index contributed by atoms with van der Waals surface area (Å²) in [5.74, 6) is 1.78. The summed E-state index contributed by atoms with van der Waals surface area (Å²) in [6, 6.07) is 3.61. The van der Waals surface area contributed by atoms with E-state index in [1.165, 1.54) is 0 Å².